The number of rotatable bonds is 5. The van der Waals surface area contributed by atoms with Gasteiger partial charge in [0.15, 0.2) is 0 Å². The number of nitro benzene ring substituents is 1. The summed E-state index contributed by atoms with van der Waals surface area (Å²) in [5, 5.41) is 19.2. The normalized spacial score (nSPS) is 11.2. The quantitative estimate of drug-likeness (QED) is 0.237. The van der Waals surface area contributed by atoms with Crippen LogP contribution in [-0.2, 0) is 11.2 Å². The minimum Gasteiger partial charge on any atom is -0.273 e. The molecular weight excluding hydrogens is 366 g/mol. The summed E-state index contributed by atoms with van der Waals surface area (Å²) in [6, 6.07) is 24.1. The van der Waals surface area contributed by atoms with Crippen molar-refractivity contribution < 1.29 is 9.72 Å². The lowest BCUT2D eigenvalue weighted by Gasteiger charge is -2.08. The molecule has 0 aromatic heterocycles. The number of hydrogen-bond acceptors (Lipinski definition) is 4. The lowest BCUT2D eigenvalue weighted by atomic mass is 9.97. The molecule has 6 heteroatoms. The van der Waals surface area contributed by atoms with Gasteiger partial charge in [0.05, 0.1) is 17.6 Å². The van der Waals surface area contributed by atoms with Crippen LogP contribution < -0.4 is 5.43 Å². The van der Waals surface area contributed by atoms with E-state index in [0.717, 1.165) is 27.1 Å². The molecule has 0 bridgehead atoms. The lowest BCUT2D eigenvalue weighted by Crippen LogP contribution is -2.19. The number of hydrogen-bond donors (Lipinski definition) is 1. The zero-order valence-electron chi connectivity index (χ0n) is 15.4. The predicted molar refractivity (Wildman–Crippen MR) is 114 cm³/mol. The first-order chi connectivity index (χ1) is 14.1. The Kier molecular flexibility index (Phi) is 4.99. The van der Waals surface area contributed by atoms with Gasteiger partial charge in [-0.25, -0.2) is 5.43 Å². The predicted octanol–water partition coefficient (Wildman–Crippen LogP) is 4.59. The van der Waals surface area contributed by atoms with Crippen LogP contribution in [0.2, 0.25) is 0 Å². The van der Waals surface area contributed by atoms with Gasteiger partial charge < -0.3 is 0 Å². The molecule has 0 aliphatic carbocycles. The second-order valence-corrected chi connectivity index (χ2v) is 6.63. The van der Waals surface area contributed by atoms with Crippen LogP contribution in [0.25, 0.3) is 21.5 Å². The maximum atomic E-state index is 12.2. The number of non-ortho nitro benzene ring substituents is 1. The molecule has 0 aliphatic heterocycles. The minimum absolute atomic E-state index is 0.00462. The smallest absolute Gasteiger partial charge is 0.269 e. The fourth-order valence-electron chi connectivity index (χ4n) is 3.32. The molecule has 0 atom stereocenters. The summed E-state index contributed by atoms with van der Waals surface area (Å²) in [7, 11) is 0. The molecule has 0 unspecified atom stereocenters. The number of nitro groups is 1. The standard InChI is InChI=1S/C23H17N3O3/c27-23(13-16-9-11-19(12-10-16)26(28)29)25-24-15-22-20-7-3-1-5-17(20)14-18-6-2-4-8-21(18)22/h1-12,14-15H,13H2,(H,25,27)/b24-15-. The molecule has 0 saturated heterocycles. The van der Waals surface area contributed by atoms with Gasteiger partial charge in [0.1, 0.15) is 0 Å². The Morgan fingerprint density at radius 2 is 1.52 bits per heavy atom. The first-order valence-electron chi connectivity index (χ1n) is 9.07. The van der Waals surface area contributed by atoms with Gasteiger partial charge in [0, 0.05) is 17.7 Å². The zero-order chi connectivity index (χ0) is 20.2. The van der Waals surface area contributed by atoms with Crippen LogP contribution in [0.1, 0.15) is 11.1 Å². The van der Waals surface area contributed by atoms with Gasteiger partial charge in [-0.15, -0.1) is 0 Å². The van der Waals surface area contributed by atoms with Crippen molar-refractivity contribution in [2.24, 2.45) is 5.10 Å². The highest BCUT2D eigenvalue weighted by Crippen LogP contribution is 2.27. The van der Waals surface area contributed by atoms with Crippen molar-refractivity contribution in [1.29, 1.82) is 0 Å². The SMILES string of the molecule is O=C(Cc1ccc([N+](=O)[O-])cc1)N/N=C\c1c2ccccc2cc2ccccc12. The van der Waals surface area contributed by atoms with Crippen molar-refractivity contribution >= 4 is 39.4 Å². The highest BCUT2D eigenvalue weighted by atomic mass is 16.6. The van der Waals surface area contributed by atoms with Gasteiger partial charge >= 0.3 is 0 Å². The summed E-state index contributed by atoms with van der Waals surface area (Å²) in [5.41, 5.74) is 4.16. The number of hydrazone groups is 1. The zero-order valence-corrected chi connectivity index (χ0v) is 15.4. The van der Waals surface area contributed by atoms with Crippen molar-refractivity contribution in [3.05, 3.63) is 100 Å². The average molecular weight is 383 g/mol. The molecule has 6 nitrogen and oxygen atoms in total. The van der Waals surface area contributed by atoms with E-state index in [0.29, 0.717) is 5.56 Å². The molecule has 0 aliphatic rings. The number of amides is 1. The minimum atomic E-state index is -0.470. The fourth-order valence-corrected chi connectivity index (χ4v) is 3.32. The van der Waals surface area contributed by atoms with Gasteiger partial charge in [-0.2, -0.15) is 5.10 Å². The first kappa shape index (κ1) is 18.3. The van der Waals surface area contributed by atoms with E-state index < -0.39 is 4.92 Å². The highest BCUT2D eigenvalue weighted by Gasteiger charge is 2.08. The van der Waals surface area contributed by atoms with Crippen molar-refractivity contribution in [1.82, 2.24) is 5.43 Å². The van der Waals surface area contributed by atoms with Crippen molar-refractivity contribution in [3.63, 3.8) is 0 Å². The van der Waals surface area contributed by atoms with E-state index in [1.165, 1.54) is 12.1 Å². The Morgan fingerprint density at radius 1 is 0.931 bits per heavy atom. The Hall–Kier alpha value is -4.06. The van der Waals surface area contributed by atoms with E-state index in [-0.39, 0.29) is 18.0 Å². The fraction of sp³-hybridized carbons (Fsp3) is 0.0435. The van der Waals surface area contributed by atoms with Gasteiger partial charge in [-0.05, 0) is 33.2 Å². The highest BCUT2D eigenvalue weighted by molar-refractivity contribution is 6.13. The number of nitrogens with zero attached hydrogens (tertiary/aromatic N) is 2. The Labute approximate surface area is 166 Å². The van der Waals surface area contributed by atoms with E-state index in [4.69, 9.17) is 0 Å². The maximum absolute atomic E-state index is 12.2. The third-order valence-electron chi connectivity index (χ3n) is 4.71. The number of carbonyl (C=O) groups excluding carboxylic acids is 1. The van der Waals surface area contributed by atoms with Gasteiger partial charge in [-0.3, -0.25) is 14.9 Å². The van der Waals surface area contributed by atoms with E-state index in [9.17, 15) is 14.9 Å². The van der Waals surface area contributed by atoms with Crippen LogP contribution in [0.15, 0.2) is 84.0 Å². The molecule has 0 spiro atoms. The van der Waals surface area contributed by atoms with Gasteiger partial charge in [0.2, 0.25) is 5.91 Å². The first-order valence-corrected chi connectivity index (χ1v) is 9.07. The molecule has 0 saturated carbocycles. The molecule has 142 valence electrons. The summed E-state index contributed by atoms with van der Waals surface area (Å²) < 4.78 is 0. The third-order valence-corrected chi connectivity index (χ3v) is 4.71. The molecular formula is C23H17N3O3. The largest absolute Gasteiger partial charge is 0.273 e. The second-order valence-electron chi connectivity index (χ2n) is 6.63. The molecule has 0 fully saturated rings. The van der Waals surface area contributed by atoms with Crippen molar-refractivity contribution in [2.45, 2.75) is 6.42 Å². The van der Waals surface area contributed by atoms with Crippen LogP contribution in [0.3, 0.4) is 0 Å². The molecule has 0 heterocycles. The number of carbonyl (C=O) groups is 1. The van der Waals surface area contributed by atoms with Crippen molar-refractivity contribution in [2.75, 3.05) is 0 Å². The van der Waals surface area contributed by atoms with Crippen LogP contribution in [0.4, 0.5) is 5.69 Å². The summed E-state index contributed by atoms with van der Waals surface area (Å²) in [4.78, 5) is 22.4. The second kappa shape index (κ2) is 7.90. The van der Waals surface area contributed by atoms with Crippen molar-refractivity contribution in [3.8, 4) is 0 Å². The number of nitrogens with one attached hydrogen (secondary N) is 1. The average Bonchev–Trinajstić information content (AvgIpc) is 2.73. The summed E-state index contributed by atoms with van der Waals surface area (Å²) in [6.45, 7) is 0. The van der Waals surface area contributed by atoms with E-state index >= 15 is 0 Å². The summed E-state index contributed by atoms with van der Waals surface area (Å²) >= 11 is 0. The van der Waals surface area contributed by atoms with E-state index in [2.05, 4.69) is 16.6 Å². The topological polar surface area (TPSA) is 84.6 Å². The molecule has 1 amide bonds. The summed E-state index contributed by atoms with van der Waals surface area (Å²) in [5.74, 6) is -0.292. The van der Waals surface area contributed by atoms with Crippen LogP contribution in [-0.4, -0.2) is 17.0 Å². The Morgan fingerprint density at radius 3 is 2.10 bits per heavy atom. The monoisotopic (exact) mass is 383 g/mol. The van der Waals surface area contributed by atoms with Gasteiger partial charge in [-0.1, -0.05) is 60.7 Å². The number of fused-ring (bicyclic) bond motifs is 2. The molecule has 4 aromatic carbocycles. The Balaban J connectivity index is 1.55. The maximum Gasteiger partial charge on any atom is 0.269 e. The van der Waals surface area contributed by atoms with Gasteiger partial charge in [0.25, 0.3) is 5.69 Å². The third kappa shape index (κ3) is 3.96. The van der Waals surface area contributed by atoms with Crippen LogP contribution in [0, 0.1) is 10.1 Å². The molecule has 0 radical (unpaired) electrons. The summed E-state index contributed by atoms with van der Waals surface area (Å²) in [6.07, 6.45) is 1.75. The van der Waals surface area contributed by atoms with E-state index in [1.54, 1.807) is 18.3 Å². The lowest BCUT2D eigenvalue weighted by molar-refractivity contribution is -0.384. The van der Waals surface area contributed by atoms with Crippen LogP contribution >= 0.6 is 0 Å². The molecule has 29 heavy (non-hydrogen) atoms. The van der Waals surface area contributed by atoms with E-state index in [1.807, 2.05) is 48.5 Å². The van der Waals surface area contributed by atoms with Crippen LogP contribution in [0.5, 0.6) is 0 Å². The molecule has 4 rings (SSSR count). The number of benzene rings is 4. The Bertz CT molecular complexity index is 1190. The molecule has 1 N–H and O–H groups in total. The molecule has 4 aromatic rings.